The summed E-state index contributed by atoms with van der Waals surface area (Å²) in [6, 6.07) is 4.98. The number of ether oxygens (including phenoxy) is 2. The number of carbonyl (C=O) groups excluding carboxylic acids is 2. The lowest BCUT2D eigenvalue weighted by molar-refractivity contribution is 0.0526. The summed E-state index contributed by atoms with van der Waals surface area (Å²) in [4.78, 5) is 22.4. The number of cyclic esters (lactones) is 1. The maximum Gasteiger partial charge on any atom is 0.411 e. The number of rotatable bonds is 2. The van der Waals surface area contributed by atoms with Gasteiger partial charge in [0.05, 0.1) is 17.9 Å². The standard InChI is InChI=1S/C11H11NO4/c1-2-15-10(13)7-3-4-8-6-16-11(14)12-9(8)5-7/h3-5H,2,6H2,1H3,(H,12,14). The van der Waals surface area contributed by atoms with Crippen LogP contribution in [0.25, 0.3) is 0 Å². The van der Waals surface area contributed by atoms with E-state index in [0.29, 0.717) is 17.9 Å². The van der Waals surface area contributed by atoms with Crippen molar-refractivity contribution >= 4 is 17.7 Å². The van der Waals surface area contributed by atoms with Gasteiger partial charge in [-0.05, 0) is 19.1 Å². The summed E-state index contributed by atoms with van der Waals surface area (Å²) in [7, 11) is 0. The van der Waals surface area contributed by atoms with E-state index >= 15 is 0 Å². The second-order valence-electron chi connectivity index (χ2n) is 3.29. The Morgan fingerprint density at radius 3 is 3.12 bits per heavy atom. The molecule has 0 aromatic heterocycles. The highest BCUT2D eigenvalue weighted by Crippen LogP contribution is 2.23. The van der Waals surface area contributed by atoms with Gasteiger partial charge < -0.3 is 9.47 Å². The first kappa shape index (κ1) is 10.5. The fourth-order valence-electron chi connectivity index (χ4n) is 1.45. The lowest BCUT2D eigenvalue weighted by Crippen LogP contribution is -2.20. The van der Waals surface area contributed by atoms with Crippen molar-refractivity contribution in [1.82, 2.24) is 0 Å². The molecule has 5 nitrogen and oxygen atoms in total. The van der Waals surface area contributed by atoms with Crippen molar-refractivity contribution in [2.45, 2.75) is 13.5 Å². The zero-order valence-electron chi connectivity index (χ0n) is 8.78. The Labute approximate surface area is 92.4 Å². The fourth-order valence-corrected chi connectivity index (χ4v) is 1.45. The van der Waals surface area contributed by atoms with E-state index in [0.717, 1.165) is 5.56 Å². The lowest BCUT2D eigenvalue weighted by atomic mass is 10.1. The Balaban J connectivity index is 2.27. The fraction of sp³-hybridized carbons (Fsp3) is 0.273. The number of anilines is 1. The number of esters is 1. The third-order valence-corrected chi connectivity index (χ3v) is 2.22. The molecule has 84 valence electrons. The molecule has 0 spiro atoms. The van der Waals surface area contributed by atoms with E-state index in [9.17, 15) is 9.59 Å². The van der Waals surface area contributed by atoms with Gasteiger partial charge in [-0.25, -0.2) is 9.59 Å². The lowest BCUT2D eigenvalue weighted by Gasteiger charge is -2.17. The first-order valence-electron chi connectivity index (χ1n) is 4.94. The summed E-state index contributed by atoms with van der Waals surface area (Å²) in [5.41, 5.74) is 1.86. The number of benzene rings is 1. The van der Waals surface area contributed by atoms with Crippen LogP contribution >= 0.6 is 0 Å². The van der Waals surface area contributed by atoms with Crippen molar-refractivity contribution in [3.63, 3.8) is 0 Å². The van der Waals surface area contributed by atoms with Crippen molar-refractivity contribution < 1.29 is 19.1 Å². The maximum atomic E-state index is 11.4. The van der Waals surface area contributed by atoms with Gasteiger partial charge in [0.1, 0.15) is 6.61 Å². The van der Waals surface area contributed by atoms with Crippen LogP contribution in [0, 0.1) is 0 Å². The second kappa shape index (κ2) is 4.22. The average molecular weight is 221 g/mol. The number of nitrogens with one attached hydrogen (secondary N) is 1. The molecule has 1 amide bonds. The van der Waals surface area contributed by atoms with Gasteiger partial charge in [-0.2, -0.15) is 0 Å². The number of hydrogen-bond donors (Lipinski definition) is 1. The molecule has 0 aliphatic carbocycles. The van der Waals surface area contributed by atoms with E-state index in [4.69, 9.17) is 9.47 Å². The molecule has 0 radical (unpaired) electrons. The molecule has 1 heterocycles. The molecule has 0 fully saturated rings. The molecule has 0 bridgehead atoms. The van der Waals surface area contributed by atoms with E-state index in [2.05, 4.69) is 5.32 Å². The number of carbonyl (C=O) groups is 2. The molecule has 1 aliphatic heterocycles. The molecule has 0 unspecified atom stereocenters. The van der Waals surface area contributed by atoms with E-state index in [1.54, 1.807) is 25.1 Å². The van der Waals surface area contributed by atoms with E-state index in [1.165, 1.54) is 0 Å². The summed E-state index contributed by atoms with van der Waals surface area (Å²) in [6.07, 6.45) is -0.506. The summed E-state index contributed by atoms with van der Waals surface area (Å²) in [5, 5.41) is 2.53. The van der Waals surface area contributed by atoms with Crippen molar-refractivity contribution in [3.05, 3.63) is 29.3 Å². The number of fused-ring (bicyclic) bond motifs is 1. The van der Waals surface area contributed by atoms with Gasteiger partial charge in [0.2, 0.25) is 0 Å². The van der Waals surface area contributed by atoms with Crippen molar-refractivity contribution in [1.29, 1.82) is 0 Å². The van der Waals surface area contributed by atoms with Gasteiger partial charge in [0.25, 0.3) is 0 Å². The first-order chi connectivity index (χ1) is 7.70. The minimum Gasteiger partial charge on any atom is -0.462 e. The average Bonchev–Trinajstić information content (AvgIpc) is 2.28. The number of amides is 1. The molecule has 1 N–H and O–H groups in total. The normalized spacial score (nSPS) is 13.4. The van der Waals surface area contributed by atoms with Crippen LogP contribution in [-0.2, 0) is 16.1 Å². The SMILES string of the molecule is CCOC(=O)c1ccc2c(c1)NC(=O)OC2. The van der Waals surface area contributed by atoms with Crippen LogP contribution in [0.3, 0.4) is 0 Å². The maximum absolute atomic E-state index is 11.4. The Morgan fingerprint density at radius 2 is 2.38 bits per heavy atom. The predicted octanol–water partition coefficient (Wildman–Crippen LogP) is 1.93. The van der Waals surface area contributed by atoms with Crippen molar-refractivity contribution in [2.75, 3.05) is 11.9 Å². The van der Waals surface area contributed by atoms with E-state index in [-0.39, 0.29) is 6.61 Å². The van der Waals surface area contributed by atoms with Crippen LogP contribution in [0.4, 0.5) is 10.5 Å². The van der Waals surface area contributed by atoms with Gasteiger partial charge >= 0.3 is 12.1 Å². The third kappa shape index (κ3) is 1.98. The highest BCUT2D eigenvalue weighted by molar-refractivity contribution is 5.94. The minimum atomic E-state index is -0.506. The monoisotopic (exact) mass is 221 g/mol. The molecule has 1 aromatic rings. The molecular formula is C11H11NO4. The molecule has 1 aliphatic rings. The van der Waals surface area contributed by atoms with Gasteiger partial charge in [-0.3, -0.25) is 5.32 Å². The Hall–Kier alpha value is -2.04. The van der Waals surface area contributed by atoms with Gasteiger partial charge in [-0.15, -0.1) is 0 Å². The molecule has 0 saturated carbocycles. The summed E-state index contributed by atoms with van der Waals surface area (Å²) >= 11 is 0. The molecule has 2 rings (SSSR count). The summed E-state index contributed by atoms with van der Waals surface area (Å²) in [6.45, 7) is 2.29. The predicted molar refractivity (Wildman–Crippen MR) is 56.2 cm³/mol. The topological polar surface area (TPSA) is 64.6 Å². The van der Waals surface area contributed by atoms with E-state index < -0.39 is 12.1 Å². The van der Waals surface area contributed by atoms with Crippen LogP contribution in [0.1, 0.15) is 22.8 Å². The molecular weight excluding hydrogens is 210 g/mol. The highest BCUT2D eigenvalue weighted by Gasteiger charge is 2.17. The van der Waals surface area contributed by atoms with Crippen LogP contribution < -0.4 is 5.32 Å². The van der Waals surface area contributed by atoms with Gasteiger partial charge in [0.15, 0.2) is 0 Å². The zero-order valence-corrected chi connectivity index (χ0v) is 8.78. The molecule has 0 saturated heterocycles. The molecule has 5 heteroatoms. The first-order valence-corrected chi connectivity index (χ1v) is 4.94. The summed E-state index contributed by atoms with van der Waals surface area (Å²) in [5.74, 6) is -0.397. The Bertz CT molecular complexity index is 442. The highest BCUT2D eigenvalue weighted by atomic mass is 16.6. The van der Waals surface area contributed by atoms with Crippen LogP contribution in [0.2, 0.25) is 0 Å². The zero-order chi connectivity index (χ0) is 11.5. The summed E-state index contributed by atoms with van der Waals surface area (Å²) < 4.78 is 9.65. The Morgan fingerprint density at radius 1 is 1.56 bits per heavy atom. The molecule has 1 aromatic carbocycles. The largest absolute Gasteiger partial charge is 0.462 e. The van der Waals surface area contributed by atoms with Crippen molar-refractivity contribution in [2.24, 2.45) is 0 Å². The van der Waals surface area contributed by atoms with Gasteiger partial charge in [-0.1, -0.05) is 6.07 Å². The molecule has 16 heavy (non-hydrogen) atoms. The quantitative estimate of drug-likeness (QED) is 0.775. The van der Waals surface area contributed by atoms with Crippen molar-refractivity contribution in [3.8, 4) is 0 Å². The smallest absolute Gasteiger partial charge is 0.411 e. The van der Waals surface area contributed by atoms with Crippen LogP contribution in [0.15, 0.2) is 18.2 Å². The van der Waals surface area contributed by atoms with Crippen LogP contribution in [-0.4, -0.2) is 18.7 Å². The van der Waals surface area contributed by atoms with E-state index in [1.807, 2.05) is 0 Å². The molecule has 0 atom stereocenters. The minimum absolute atomic E-state index is 0.226. The Kier molecular flexibility index (Phi) is 2.76. The van der Waals surface area contributed by atoms with Crippen LogP contribution in [0.5, 0.6) is 0 Å². The number of hydrogen-bond acceptors (Lipinski definition) is 4. The van der Waals surface area contributed by atoms with Gasteiger partial charge in [0, 0.05) is 5.56 Å². The second-order valence-corrected chi connectivity index (χ2v) is 3.29. The third-order valence-electron chi connectivity index (χ3n) is 2.22.